The molecular formula is C22H21FN2O4. The fourth-order valence-electron chi connectivity index (χ4n) is 4.42. The molecule has 2 fully saturated rings. The number of rotatable bonds is 4. The van der Waals surface area contributed by atoms with Gasteiger partial charge in [-0.25, -0.2) is 4.39 Å². The Morgan fingerprint density at radius 3 is 2.45 bits per heavy atom. The standard InChI is InChI=1S/C22H21FN2O4/c1-24-22(27)15-7-12(21(26)25-19-17-8-28-9-18(17)19)6-14-16(10-29-20(14)15)11-2-4-13(23)5-3-11/h2-7,16-19H,8-10H2,1H3,(H,24,27)(H,25,26). The van der Waals surface area contributed by atoms with Crippen molar-refractivity contribution in [3.8, 4) is 5.75 Å². The van der Waals surface area contributed by atoms with Gasteiger partial charge in [0.2, 0.25) is 0 Å². The number of nitrogens with one attached hydrogen (secondary N) is 2. The van der Waals surface area contributed by atoms with Gasteiger partial charge in [-0.1, -0.05) is 12.1 Å². The number of carbonyl (C=O) groups is 2. The lowest BCUT2D eigenvalue weighted by Crippen LogP contribution is -2.30. The first kappa shape index (κ1) is 18.1. The monoisotopic (exact) mass is 396 g/mol. The molecule has 3 atom stereocenters. The molecular weight excluding hydrogens is 375 g/mol. The predicted molar refractivity (Wildman–Crippen MR) is 103 cm³/mol. The molecule has 1 saturated heterocycles. The van der Waals surface area contributed by atoms with Crippen molar-refractivity contribution in [2.75, 3.05) is 26.9 Å². The van der Waals surface area contributed by atoms with Gasteiger partial charge in [0.1, 0.15) is 11.6 Å². The summed E-state index contributed by atoms with van der Waals surface area (Å²) >= 11 is 0. The van der Waals surface area contributed by atoms with E-state index in [2.05, 4.69) is 10.6 Å². The highest BCUT2D eigenvalue weighted by Crippen LogP contribution is 2.45. The average Bonchev–Trinajstić information content (AvgIpc) is 3.09. The van der Waals surface area contributed by atoms with E-state index in [-0.39, 0.29) is 29.6 Å². The van der Waals surface area contributed by atoms with Crippen LogP contribution < -0.4 is 15.4 Å². The lowest BCUT2D eigenvalue weighted by atomic mass is 9.90. The molecule has 1 aliphatic carbocycles. The highest BCUT2D eigenvalue weighted by atomic mass is 19.1. The summed E-state index contributed by atoms with van der Waals surface area (Å²) in [6, 6.07) is 9.71. The molecule has 3 unspecified atom stereocenters. The van der Waals surface area contributed by atoms with E-state index < -0.39 is 0 Å². The fraction of sp³-hybridized carbons (Fsp3) is 0.364. The molecule has 2 amide bonds. The van der Waals surface area contributed by atoms with Crippen LogP contribution in [0, 0.1) is 17.7 Å². The minimum atomic E-state index is -0.314. The quantitative estimate of drug-likeness (QED) is 0.830. The molecule has 6 nitrogen and oxygen atoms in total. The topological polar surface area (TPSA) is 76.7 Å². The second-order valence-electron chi connectivity index (χ2n) is 7.80. The van der Waals surface area contributed by atoms with Crippen molar-refractivity contribution in [1.82, 2.24) is 10.6 Å². The zero-order valence-corrected chi connectivity index (χ0v) is 15.9. The highest BCUT2D eigenvalue weighted by Gasteiger charge is 2.54. The first-order valence-electron chi connectivity index (χ1n) is 9.73. The van der Waals surface area contributed by atoms with E-state index >= 15 is 0 Å². The van der Waals surface area contributed by atoms with Crippen LogP contribution in [0.15, 0.2) is 36.4 Å². The van der Waals surface area contributed by atoms with Crippen molar-refractivity contribution in [3.63, 3.8) is 0 Å². The van der Waals surface area contributed by atoms with Crippen molar-refractivity contribution in [1.29, 1.82) is 0 Å². The van der Waals surface area contributed by atoms with Crippen molar-refractivity contribution >= 4 is 11.8 Å². The third-order valence-corrected chi connectivity index (χ3v) is 6.14. The van der Waals surface area contributed by atoms with Crippen LogP contribution in [-0.4, -0.2) is 44.7 Å². The minimum Gasteiger partial charge on any atom is -0.491 e. The number of hydrogen-bond donors (Lipinski definition) is 2. The second kappa shape index (κ2) is 6.84. The average molecular weight is 396 g/mol. The minimum absolute atomic E-state index is 0.136. The molecule has 29 heavy (non-hydrogen) atoms. The van der Waals surface area contributed by atoms with Crippen molar-refractivity contribution in [3.05, 3.63) is 64.5 Å². The van der Waals surface area contributed by atoms with Crippen molar-refractivity contribution < 1.29 is 23.5 Å². The van der Waals surface area contributed by atoms with E-state index in [4.69, 9.17) is 9.47 Å². The van der Waals surface area contributed by atoms with E-state index in [9.17, 15) is 14.0 Å². The Morgan fingerprint density at radius 1 is 1.03 bits per heavy atom. The number of ether oxygens (including phenoxy) is 2. The van der Waals surface area contributed by atoms with Gasteiger partial charge in [0.05, 0.1) is 25.4 Å². The van der Waals surface area contributed by atoms with Gasteiger partial charge in [0.15, 0.2) is 0 Å². The van der Waals surface area contributed by atoms with Crippen LogP contribution in [0.3, 0.4) is 0 Å². The molecule has 2 aromatic rings. The van der Waals surface area contributed by atoms with E-state index in [0.29, 0.717) is 48.5 Å². The van der Waals surface area contributed by atoms with Crippen LogP contribution in [0.25, 0.3) is 0 Å². The smallest absolute Gasteiger partial charge is 0.254 e. The largest absolute Gasteiger partial charge is 0.491 e. The SMILES string of the molecule is CNC(=O)c1cc(C(=O)NC2C3COCC32)cc2c1OCC2c1ccc(F)cc1. The van der Waals surface area contributed by atoms with Crippen molar-refractivity contribution in [2.24, 2.45) is 11.8 Å². The van der Waals surface area contributed by atoms with Gasteiger partial charge < -0.3 is 20.1 Å². The maximum absolute atomic E-state index is 13.3. The third-order valence-electron chi connectivity index (χ3n) is 6.14. The van der Waals surface area contributed by atoms with Crippen LogP contribution in [0.5, 0.6) is 5.75 Å². The molecule has 150 valence electrons. The number of benzene rings is 2. The van der Waals surface area contributed by atoms with E-state index in [0.717, 1.165) is 11.1 Å². The van der Waals surface area contributed by atoms with Crippen molar-refractivity contribution in [2.45, 2.75) is 12.0 Å². The van der Waals surface area contributed by atoms with E-state index in [1.54, 1.807) is 31.3 Å². The van der Waals surface area contributed by atoms with Gasteiger partial charge in [0, 0.05) is 42.0 Å². The molecule has 2 heterocycles. The van der Waals surface area contributed by atoms with Crippen LogP contribution in [0.2, 0.25) is 0 Å². The summed E-state index contributed by atoms with van der Waals surface area (Å²) in [7, 11) is 1.54. The molecule has 7 heteroatoms. The molecule has 3 aliphatic rings. The van der Waals surface area contributed by atoms with Gasteiger partial charge in [0.25, 0.3) is 11.8 Å². The van der Waals surface area contributed by atoms with Gasteiger partial charge >= 0.3 is 0 Å². The molecule has 2 N–H and O–H groups in total. The Bertz CT molecular complexity index is 981. The zero-order valence-electron chi connectivity index (χ0n) is 15.9. The van der Waals surface area contributed by atoms with Crippen LogP contribution in [-0.2, 0) is 4.74 Å². The Balaban J connectivity index is 1.49. The Kier molecular flexibility index (Phi) is 4.28. The number of carbonyl (C=O) groups excluding carboxylic acids is 2. The number of hydrogen-bond acceptors (Lipinski definition) is 4. The van der Waals surface area contributed by atoms with Gasteiger partial charge in [-0.15, -0.1) is 0 Å². The third kappa shape index (κ3) is 3.06. The summed E-state index contributed by atoms with van der Waals surface area (Å²) in [5.74, 6) is 0.257. The van der Waals surface area contributed by atoms with Crippen LogP contribution in [0.1, 0.15) is 37.8 Å². The molecule has 0 bridgehead atoms. The highest BCUT2D eigenvalue weighted by molar-refractivity contribution is 6.02. The van der Waals surface area contributed by atoms with Gasteiger partial charge in [-0.05, 0) is 29.8 Å². The summed E-state index contributed by atoms with van der Waals surface area (Å²) in [6.45, 7) is 1.70. The summed E-state index contributed by atoms with van der Waals surface area (Å²) in [5.41, 5.74) is 2.39. The lowest BCUT2D eigenvalue weighted by Gasteiger charge is -2.14. The first-order valence-corrected chi connectivity index (χ1v) is 9.73. The second-order valence-corrected chi connectivity index (χ2v) is 7.80. The van der Waals surface area contributed by atoms with E-state index in [1.165, 1.54) is 12.1 Å². The molecule has 1 saturated carbocycles. The maximum atomic E-state index is 13.3. The number of halogens is 1. The molecule has 2 aliphatic heterocycles. The number of fused-ring (bicyclic) bond motifs is 2. The molecule has 5 rings (SSSR count). The lowest BCUT2D eigenvalue weighted by molar-refractivity contribution is 0.0929. The molecule has 2 aromatic carbocycles. The summed E-state index contributed by atoms with van der Waals surface area (Å²) in [6.07, 6.45) is 0. The normalized spacial score (nSPS) is 26.3. The van der Waals surface area contributed by atoms with Gasteiger partial charge in [-0.3, -0.25) is 9.59 Å². The summed E-state index contributed by atoms with van der Waals surface area (Å²) in [4.78, 5) is 25.3. The van der Waals surface area contributed by atoms with Crippen LogP contribution >= 0.6 is 0 Å². The first-order chi connectivity index (χ1) is 14.1. The molecule has 0 aromatic heterocycles. The Labute approximate surface area is 167 Å². The molecule has 0 spiro atoms. The molecule has 0 radical (unpaired) electrons. The predicted octanol–water partition coefficient (Wildman–Crippen LogP) is 2.08. The fourth-order valence-corrected chi connectivity index (χ4v) is 4.42. The van der Waals surface area contributed by atoms with E-state index in [1.807, 2.05) is 0 Å². The summed E-state index contributed by atoms with van der Waals surface area (Å²) < 4.78 is 24.5. The maximum Gasteiger partial charge on any atom is 0.254 e. The number of amides is 2. The zero-order chi connectivity index (χ0) is 20.1. The Morgan fingerprint density at radius 2 is 1.76 bits per heavy atom. The van der Waals surface area contributed by atoms with Gasteiger partial charge in [-0.2, -0.15) is 0 Å². The summed E-state index contributed by atoms with van der Waals surface area (Å²) in [5, 5.41) is 5.68. The Hall–Kier alpha value is -2.93. The van der Waals surface area contributed by atoms with Crippen LogP contribution in [0.4, 0.5) is 4.39 Å².